The normalized spacial score (nSPS) is 9.57. The Bertz CT molecular complexity index is 1440. The summed E-state index contributed by atoms with van der Waals surface area (Å²) in [6.07, 6.45) is 12.7. The number of nitrogens with zero attached hydrogens (tertiary/aromatic N) is 4. The van der Waals surface area contributed by atoms with E-state index in [1.807, 2.05) is 12.2 Å². The van der Waals surface area contributed by atoms with Crippen LogP contribution in [0.3, 0.4) is 0 Å². The number of aromatic nitrogens is 4. The molecule has 4 aromatic carbocycles. The van der Waals surface area contributed by atoms with Crippen molar-refractivity contribution in [2.75, 3.05) is 12.3 Å². The fraction of sp³-hybridized carbons (Fsp3) is 0.0526. The van der Waals surface area contributed by atoms with Crippen LogP contribution in [0, 0.1) is 0 Å². The number of allylic oxidation sites excluding steroid dienone is 2. The molecule has 0 bridgehead atoms. The van der Waals surface area contributed by atoms with Gasteiger partial charge in [-0.3, -0.25) is 19.9 Å². The summed E-state index contributed by atoms with van der Waals surface area (Å²) in [4.78, 5) is 14.7. The van der Waals surface area contributed by atoms with Gasteiger partial charge >= 0.3 is 21.1 Å². The molecule has 0 aliphatic carbocycles. The molecule has 6 rings (SSSR count). The molecule has 9 heteroatoms. The van der Waals surface area contributed by atoms with Gasteiger partial charge in [-0.2, -0.15) is 0 Å². The van der Waals surface area contributed by atoms with Crippen molar-refractivity contribution in [3.8, 4) is 0 Å². The van der Waals surface area contributed by atoms with Crippen LogP contribution in [-0.2, 0) is 46.3 Å². The van der Waals surface area contributed by atoms with E-state index in [-0.39, 0.29) is 21.1 Å². The minimum absolute atomic E-state index is 0. The van der Waals surface area contributed by atoms with Crippen LogP contribution in [0.25, 0.3) is 0 Å². The van der Waals surface area contributed by atoms with Crippen LogP contribution in [0.15, 0.2) is 194 Å². The van der Waals surface area contributed by atoms with Crippen molar-refractivity contribution < 1.29 is 21.1 Å². The topological polar surface area (TPSA) is 51.6 Å². The number of hydrogen-bond donors (Lipinski definition) is 0. The minimum Gasteiger partial charge on any atom is -0.740 e. The Morgan fingerprint density at radius 2 is 0.660 bits per heavy atom. The maximum absolute atomic E-state index is 4.59. The predicted molar refractivity (Wildman–Crippen MR) is 206 cm³/mol. The molecule has 0 aliphatic rings. The summed E-state index contributed by atoms with van der Waals surface area (Å²) in [6.45, 7) is 7.75. The van der Waals surface area contributed by atoms with Crippen molar-refractivity contribution in [2.45, 2.75) is 10.3 Å². The first kappa shape index (κ1) is 39.7. The van der Waals surface area contributed by atoms with E-state index in [4.69, 9.17) is 0 Å². The van der Waals surface area contributed by atoms with Gasteiger partial charge in [-0.1, -0.05) is 98.1 Å². The summed E-state index contributed by atoms with van der Waals surface area (Å²) < 4.78 is 0. The molecule has 0 amide bonds. The van der Waals surface area contributed by atoms with Gasteiger partial charge in [0.25, 0.3) is 0 Å². The summed E-state index contributed by atoms with van der Waals surface area (Å²) in [5.74, 6) is 0. The van der Waals surface area contributed by atoms with E-state index < -0.39 is 15.8 Å². The van der Waals surface area contributed by atoms with Crippen LogP contribution >= 0.6 is 15.8 Å². The Morgan fingerprint density at radius 1 is 0.426 bits per heavy atom. The Hall–Kier alpha value is -3.49. The van der Waals surface area contributed by atoms with Gasteiger partial charge in [-0.05, 0) is 60.7 Å². The van der Waals surface area contributed by atoms with Crippen LogP contribution in [0.5, 0.6) is 0 Å². The average molecular weight is 872 g/mol. The number of benzene rings is 4. The molecule has 0 spiro atoms. The Kier molecular flexibility index (Phi) is 20.8. The second-order valence-corrected chi connectivity index (χ2v) is 15.2. The van der Waals surface area contributed by atoms with Gasteiger partial charge in [0.15, 0.2) is 0 Å². The van der Waals surface area contributed by atoms with Crippen LogP contribution in [0.1, 0.15) is 0 Å². The van der Waals surface area contributed by atoms with E-state index in [9.17, 15) is 0 Å². The smallest absolute Gasteiger partial charge is 0.740 e. The molecule has 6 aromatic rings. The summed E-state index contributed by atoms with van der Waals surface area (Å²) in [7, 11) is -1.34. The minimum atomic E-state index is -0.669. The largest absolute Gasteiger partial charge is 2.00 e. The van der Waals surface area contributed by atoms with Crippen molar-refractivity contribution in [3.05, 3.63) is 184 Å². The van der Waals surface area contributed by atoms with E-state index in [1.54, 1.807) is 36.9 Å². The molecule has 0 radical (unpaired) electrons. The Labute approximate surface area is 307 Å². The van der Waals surface area contributed by atoms with Crippen molar-refractivity contribution in [2.24, 2.45) is 0 Å². The molecule has 0 fully saturated rings. The molecular weight excluding hydrogens is 834 g/mol. The van der Waals surface area contributed by atoms with Crippen molar-refractivity contribution >= 4 is 62.3 Å². The van der Waals surface area contributed by atoms with Crippen LogP contribution in [-0.4, -0.2) is 32.3 Å². The molecule has 2 aromatic heterocycles. The summed E-state index contributed by atoms with van der Waals surface area (Å²) >= 11 is 9.18. The first-order valence-corrected chi connectivity index (χ1v) is 18.9. The molecule has 0 atom stereocenters. The number of rotatable bonds is 8. The number of hydrogen-bond acceptors (Lipinski definition) is 6. The van der Waals surface area contributed by atoms with Gasteiger partial charge < -0.3 is 25.3 Å². The Morgan fingerprint density at radius 3 is 0.830 bits per heavy atom. The van der Waals surface area contributed by atoms with Gasteiger partial charge in [0.05, 0.1) is 49.4 Å². The molecule has 0 saturated heterocycles. The standard InChI is InChI=1S/2C15H15P.2C4H4N2S.Pt/c2*1-2-13-16(14-9-5-3-6-10-14)15-11-7-4-8-12-15;2*7-4-5-2-1-3-6-4;/h2*2-12H,1,13H2;2*1-3H,(H,5,6,7);/q;;;;+2. The third-order valence-corrected chi connectivity index (χ3v) is 12.2. The van der Waals surface area contributed by atoms with Gasteiger partial charge in [0.2, 0.25) is 0 Å². The van der Waals surface area contributed by atoms with E-state index >= 15 is 0 Å². The molecule has 0 saturated carbocycles. The zero-order chi connectivity index (χ0) is 32.7. The Balaban J connectivity index is 0.000000231. The first-order valence-electron chi connectivity index (χ1n) is 14.7. The monoisotopic (exact) mass is 871 g/mol. The summed E-state index contributed by atoms with van der Waals surface area (Å²) in [5, 5.41) is 6.64. The maximum atomic E-state index is 4.59. The zero-order valence-corrected chi connectivity index (χ0v) is 31.8. The zero-order valence-electron chi connectivity index (χ0n) is 25.9. The maximum Gasteiger partial charge on any atom is 2.00 e. The van der Waals surface area contributed by atoms with Crippen molar-refractivity contribution in [1.29, 1.82) is 0 Å². The summed E-state index contributed by atoms with van der Waals surface area (Å²) in [5.41, 5.74) is 0. The van der Waals surface area contributed by atoms with E-state index in [1.165, 1.54) is 21.2 Å². The molecule has 240 valence electrons. The third kappa shape index (κ3) is 15.8. The summed E-state index contributed by atoms with van der Waals surface area (Å²) in [6, 6.07) is 46.5. The SMILES string of the molecule is C=CC[PH+](c1ccccc1)c1ccccc1.C=CC[PH+](c1ccccc1)c1ccccc1.[Pt+2].[S-]c1ncccn1.[S-]c1ncccn1. The van der Waals surface area contributed by atoms with Gasteiger partial charge in [0, 0.05) is 35.1 Å². The molecule has 4 nitrogen and oxygen atoms in total. The van der Waals surface area contributed by atoms with Crippen molar-refractivity contribution in [1.82, 2.24) is 19.9 Å². The fourth-order valence-electron chi connectivity index (χ4n) is 4.22. The molecule has 0 aliphatic heterocycles. The van der Waals surface area contributed by atoms with Gasteiger partial charge in [-0.15, -0.1) is 0 Å². The predicted octanol–water partition coefficient (Wildman–Crippen LogP) is 6.84. The second kappa shape index (κ2) is 24.7. The van der Waals surface area contributed by atoms with Crippen LogP contribution in [0.4, 0.5) is 0 Å². The van der Waals surface area contributed by atoms with Gasteiger partial charge in [0.1, 0.15) is 0 Å². The van der Waals surface area contributed by atoms with Gasteiger partial charge in [-0.25, -0.2) is 0 Å². The quantitative estimate of drug-likeness (QED) is 0.0724. The van der Waals surface area contributed by atoms with Crippen LogP contribution < -0.4 is 21.2 Å². The average Bonchev–Trinajstić information content (AvgIpc) is 3.12. The van der Waals surface area contributed by atoms with Crippen LogP contribution in [0.2, 0.25) is 0 Å². The molecule has 47 heavy (non-hydrogen) atoms. The fourth-order valence-corrected chi connectivity index (χ4v) is 9.03. The molecular formula is C38H38N4P2PtS2+2. The molecule has 0 unspecified atom stereocenters. The second-order valence-electron chi connectivity index (χ2n) is 9.47. The third-order valence-electron chi connectivity index (χ3n) is 6.27. The van der Waals surface area contributed by atoms with Crippen molar-refractivity contribution in [3.63, 3.8) is 0 Å². The van der Waals surface area contributed by atoms with E-state index in [0.717, 1.165) is 12.3 Å². The van der Waals surface area contributed by atoms with E-state index in [0.29, 0.717) is 10.3 Å². The molecule has 2 heterocycles. The molecule has 0 N–H and O–H groups in total. The van der Waals surface area contributed by atoms with E-state index in [2.05, 4.69) is 180 Å². The first-order chi connectivity index (χ1) is 22.6.